The lowest BCUT2D eigenvalue weighted by Gasteiger charge is -2.22. The number of amides is 3. The normalized spacial score (nSPS) is 13.0. The van der Waals surface area contributed by atoms with E-state index in [0.717, 1.165) is 10.9 Å². The minimum absolute atomic E-state index is 0.131. The van der Waals surface area contributed by atoms with Gasteiger partial charge in [0.15, 0.2) is 0 Å². The van der Waals surface area contributed by atoms with E-state index in [1.54, 1.807) is 38.1 Å². The van der Waals surface area contributed by atoms with E-state index in [1.807, 2.05) is 6.92 Å². The molecule has 7 nitrogen and oxygen atoms in total. The maximum Gasteiger partial charge on any atom is 0.326 e. The predicted octanol–water partition coefficient (Wildman–Crippen LogP) is 3.21. The molecular formula is C18H26BrN3O4. The first kappa shape index (κ1) is 22.0. The third-order valence-electron chi connectivity index (χ3n) is 3.85. The number of nitrogens with one attached hydrogen (secondary N) is 3. The van der Waals surface area contributed by atoms with Crippen LogP contribution in [0, 0.1) is 11.8 Å². The Balaban J connectivity index is 2.60. The van der Waals surface area contributed by atoms with Gasteiger partial charge in [0.2, 0.25) is 5.91 Å². The number of rotatable bonds is 9. The number of halogens is 1. The zero-order chi connectivity index (χ0) is 19.7. The number of hydrogen-bond donors (Lipinski definition) is 4. The van der Waals surface area contributed by atoms with E-state index in [2.05, 4.69) is 31.9 Å². The SMILES string of the molecule is CCC[C@@H](CNC(=O)Nc1ccc(Br)cc1)C(=O)N[C@H](C(=O)O)C(C)C. The Kier molecular flexibility index (Phi) is 9.12. The molecule has 0 bridgehead atoms. The first-order chi connectivity index (χ1) is 12.2. The number of anilines is 1. The number of carboxylic acid groups (broad SMARTS) is 1. The number of carbonyl (C=O) groups excluding carboxylic acids is 2. The van der Waals surface area contributed by atoms with E-state index in [9.17, 15) is 19.5 Å². The van der Waals surface area contributed by atoms with E-state index in [4.69, 9.17) is 0 Å². The Hall–Kier alpha value is -2.09. The summed E-state index contributed by atoms with van der Waals surface area (Å²) in [5, 5.41) is 17.1. The van der Waals surface area contributed by atoms with Gasteiger partial charge < -0.3 is 21.1 Å². The van der Waals surface area contributed by atoms with E-state index < -0.39 is 24.0 Å². The molecular weight excluding hydrogens is 402 g/mol. The summed E-state index contributed by atoms with van der Waals surface area (Å²) in [7, 11) is 0. The minimum atomic E-state index is -1.07. The molecule has 0 aliphatic carbocycles. The average Bonchev–Trinajstić information content (AvgIpc) is 2.57. The highest BCUT2D eigenvalue weighted by atomic mass is 79.9. The van der Waals surface area contributed by atoms with Crippen LogP contribution < -0.4 is 16.0 Å². The summed E-state index contributed by atoms with van der Waals surface area (Å²) >= 11 is 3.32. The standard InChI is InChI=1S/C18H26BrN3O4/c1-4-5-12(16(23)22-15(11(2)3)17(24)25)10-20-18(26)21-14-8-6-13(19)7-9-14/h6-9,11-12,15H,4-5,10H2,1-3H3,(H,22,23)(H,24,25)(H2,20,21,26)/t12-,15-/m0/s1. The summed E-state index contributed by atoms with van der Waals surface area (Å²) in [5.74, 6) is -2.15. The van der Waals surface area contributed by atoms with Crippen LogP contribution in [-0.4, -0.2) is 35.6 Å². The second-order valence-corrected chi connectivity index (χ2v) is 7.31. The van der Waals surface area contributed by atoms with Gasteiger partial charge in [0.1, 0.15) is 6.04 Å². The van der Waals surface area contributed by atoms with Crippen molar-refractivity contribution in [1.29, 1.82) is 0 Å². The van der Waals surface area contributed by atoms with Crippen LogP contribution in [0.1, 0.15) is 33.6 Å². The lowest BCUT2D eigenvalue weighted by molar-refractivity contribution is -0.143. The van der Waals surface area contributed by atoms with Crippen LogP contribution >= 0.6 is 15.9 Å². The van der Waals surface area contributed by atoms with Gasteiger partial charge in [-0.3, -0.25) is 4.79 Å². The maximum atomic E-state index is 12.4. The molecule has 0 aromatic heterocycles. The average molecular weight is 428 g/mol. The van der Waals surface area contributed by atoms with Gasteiger partial charge in [-0.25, -0.2) is 9.59 Å². The van der Waals surface area contributed by atoms with Gasteiger partial charge in [-0.05, 0) is 36.6 Å². The molecule has 4 N–H and O–H groups in total. The first-order valence-electron chi connectivity index (χ1n) is 8.58. The molecule has 2 atom stereocenters. The number of urea groups is 1. The molecule has 0 saturated carbocycles. The van der Waals surface area contributed by atoms with Crippen molar-refractivity contribution in [3.63, 3.8) is 0 Å². The molecule has 8 heteroatoms. The quantitative estimate of drug-likeness (QED) is 0.485. The molecule has 144 valence electrons. The molecule has 3 amide bonds. The van der Waals surface area contributed by atoms with Crippen molar-refractivity contribution in [2.24, 2.45) is 11.8 Å². The number of hydrogen-bond acceptors (Lipinski definition) is 3. The van der Waals surface area contributed by atoms with E-state index in [1.165, 1.54) is 0 Å². The van der Waals surface area contributed by atoms with Gasteiger partial charge in [-0.2, -0.15) is 0 Å². The highest BCUT2D eigenvalue weighted by molar-refractivity contribution is 9.10. The van der Waals surface area contributed by atoms with Crippen LogP contribution in [0.2, 0.25) is 0 Å². The van der Waals surface area contributed by atoms with Gasteiger partial charge >= 0.3 is 12.0 Å². The fraction of sp³-hybridized carbons (Fsp3) is 0.500. The van der Waals surface area contributed by atoms with Crippen molar-refractivity contribution in [2.75, 3.05) is 11.9 Å². The minimum Gasteiger partial charge on any atom is -0.480 e. The van der Waals surface area contributed by atoms with Crippen LogP contribution in [0.15, 0.2) is 28.7 Å². The molecule has 0 aliphatic rings. The van der Waals surface area contributed by atoms with Crippen molar-refractivity contribution in [2.45, 2.75) is 39.7 Å². The van der Waals surface area contributed by atoms with Crippen LogP contribution in [0.4, 0.5) is 10.5 Å². The van der Waals surface area contributed by atoms with Crippen LogP contribution in [-0.2, 0) is 9.59 Å². The largest absolute Gasteiger partial charge is 0.480 e. The topological polar surface area (TPSA) is 108 Å². The number of benzene rings is 1. The molecule has 1 rings (SSSR count). The molecule has 0 aliphatic heterocycles. The van der Waals surface area contributed by atoms with Crippen LogP contribution in [0.5, 0.6) is 0 Å². The number of aliphatic carboxylic acids is 1. The maximum absolute atomic E-state index is 12.4. The third-order valence-corrected chi connectivity index (χ3v) is 4.38. The molecule has 0 radical (unpaired) electrons. The van der Waals surface area contributed by atoms with Crippen LogP contribution in [0.3, 0.4) is 0 Å². The van der Waals surface area contributed by atoms with E-state index in [0.29, 0.717) is 12.1 Å². The second-order valence-electron chi connectivity index (χ2n) is 6.40. The molecule has 0 saturated heterocycles. The highest BCUT2D eigenvalue weighted by Gasteiger charge is 2.27. The second kappa shape index (κ2) is 10.8. The molecule has 0 spiro atoms. The lowest BCUT2D eigenvalue weighted by Crippen LogP contribution is -2.48. The van der Waals surface area contributed by atoms with Gasteiger partial charge in [0.05, 0.1) is 5.92 Å². The number of carbonyl (C=O) groups is 3. The predicted molar refractivity (Wildman–Crippen MR) is 104 cm³/mol. The Morgan fingerprint density at radius 1 is 1.15 bits per heavy atom. The van der Waals surface area contributed by atoms with E-state index >= 15 is 0 Å². The molecule has 1 aromatic carbocycles. The summed E-state index contributed by atoms with van der Waals surface area (Å²) in [6.07, 6.45) is 1.29. The fourth-order valence-corrected chi connectivity index (χ4v) is 2.65. The summed E-state index contributed by atoms with van der Waals surface area (Å²) in [4.78, 5) is 35.7. The smallest absolute Gasteiger partial charge is 0.326 e. The van der Waals surface area contributed by atoms with Crippen LogP contribution in [0.25, 0.3) is 0 Å². The molecule has 0 unspecified atom stereocenters. The van der Waals surface area contributed by atoms with Crippen molar-refractivity contribution in [1.82, 2.24) is 10.6 Å². The Morgan fingerprint density at radius 2 is 1.77 bits per heavy atom. The van der Waals surface area contributed by atoms with Crippen molar-refractivity contribution < 1.29 is 19.5 Å². The van der Waals surface area contributed by atoms with Crippen molar-refractivity contribution in [3.05, 3.63) is 28.7 Å². The van der Waals surface area contributed by atoms with E-state index in [-0.39, 0.29) is 18.4 Å². The molecule has 0 fully saturated rings. The molecule has 0 heterocycles. The van der Waals surface area contributed by atoms with Crippen molar-refractivity contribution in [3.8, 4) is 0 Å². The zero-order valence-corrected chi connectivity index (χ0v) is 16.8. The van der Waals surface area contributed by atoms with Gasteiger partial charge in [-0.1, -0.05) is 43.1 Å². The van der Waals surface area contributed by atoms with Gasteiger partial charge in [0, 0.05) is 16.7 Å². The summed E-state index contributed by atoms with van der Waals surface area (Å²) < 4.78 is 0.904. The Labute approximate surface area is 162 Å². The lowest BCUT2D eigenvalue weighted by atomic mass is 9.99. The summed E-state index contributed by atoms with van der Waals surface area (Å²) in [5.41, 5.74) is 0.632. The third kappa shape index (κ3) is 7.43. The van der Waals surface area contributed by atoms with Crippen molar-refractivity contribution >= 4 is 39.5 Å². The highest BCUT2D eigenvalue weighted by Crippen LogP contribution is 2.14. The van der Waals surface area contributed by atoms with Gasteiger partial charge in [0.25, 0.3) is 0 Å². The molecule has 26 heavy (non-hydrogen) atoms. The molecule has 1 aromatic rings. The zero-order valence-electron chi connectivity index (χ0n) is 15.2. The van der Waals surface area contributed by atoms with Gasteiger partial charge in [-0.15, -0.1) is 0 Å². The monoisotopic (exact) mass is 427 g/mol. The number of carboxylic acids is 1. The Bertz CT molecular complexity index is 619. The first-order valence-corrected chi connectivity index (χ1v) is 9.37. The fourth-order valence-electron chi connectivity index (χ4n) is 2.38. The Morgan fingerprint density at radius 3 is 2.27 bits per heavy atom. The summed E-state index contributed by atoms with van der Waals surface area (Å²) in [6, 6.07) is 5.75. The summed E-state index contributed by atoms with van der Waals surface area (Å²) in [6.45, 7) is 5.53.